The van der Waals surface area contributed by atoms with Crippen LogP contribution in [0.1, 0.15) is 15.9 Å². The minimum absolute atomic E-state index is 0.0927. The fraction of sp³-hybridized carbons (Fsp3) is 0.133. The Kier molecular flexibility index (Phi) is 3.42. The van der Waals surface area contributed by atoms with Gasteiger partial charge in [0.05, 0.1) is 0 Å². The van der Waals surface area contributed by atoms with Gasteiger partial charge >= 0.3 is 0 Å². The summed E-state index contributed by atoms with van der Waals surface area (Å²) in [5.41, 5.74) is 1.70. The number of phenolic OH excluding ortho intramolecular Hbond substituents is 2. The molecule has 4 heteroatoms. The number of hydrogen-bond acceptors (Lipinski definition) is 3. The predicted molar refractivity (Wildman–Crippen MR) is 73.7 cm³/mol. The number of phenols is 2. The van der Waals surface area contributed by atoms with Gasteiger partial charge < -0.3 is 15.1 Å². The van der Waals surface area contributed by atoms with Gasteiger partial charge in [0.15, 0.2) is 0 Å². The second kappa shape index (κ2) is 5.02. The minimum Gasteiger partial charge on any atom is -0.508 e. The Morgan fingerprint density at radius 2 is 1.84 bits per heavy atom. The van der Waals surface area contributed by atoms with Crippen LogP contribution < -0.4 is 4.90 Å². The molecule has 0 aliphatic rings. The highest BCUT2D eigenvalue weighted by Gasteiger charge is 2.14. The lowest BCUT2D eigenvalue weighted by molar-refractivity contribution is 0.0992. The number of carbonyl (C=O) groups is 1. The first-order valence-electron chi connectivity index (χ1n) is 5.86. The average molecular weight is 257 g/mol. The molecule has 0 saturated heterocycles. The molecule has 0 aliphatic carbocycles. The Bertz CT molecular complexity index is 623. The highest BCUT2D eigenvalue weighted by atomic mass is 16.3. The monoisotopic (exact) mass is 257 g/mol. The fourth-order valence-corrected chi connectivity index (χ4v) is 1.75. The quantitative estimate of drug-likeness (QED) is 0.869. The summed E-state index contributed by atoms with van der Waals surface area (Å²) in [5, 5.41) is 19.1. The van der Waals surface area contributed by atoms with Crippen molar-refractivity contribution in [3.63, 3.8) is 0 Å². The zero-order chi connectivity index (χ0) is 14.0. The van der Waals surface area contributed by atoms with Crippen LogP contribution in [-0.4, -0.2) is 23.2 Å². The Balaban J connectivity index is 2.30. The number of anilines is 1. The zero-order valence-electron chi connectivity index (χ0n) is 10.8. The third-order valence-electron chi connectivity index (χ3n) is 2.98. The molecule has 0 saturated carbocycles. The number of rotatable bonds is 2. The van der Waals surface area contributed by atoms with E-state index < -0.39 is 0 Å². The van der Waals surface area contributed by atoms with Crippen LogP contribution >= 0.6 is 0 Å². The van der Waals surface area contributed by atoms with Gasteiger partial charge in [0.25, 0.3) is 5.91 Å². The van der Waals surface area contributed by atoms with E-state index in [9.17, 15) is 15.0 Å². The van der Waals surface area contributed by atoms with Crippen LogP contribution in [0.2, 0.25) is 0 Å². The van der Waals surface area contributed by atoms with Gasteiger partial charge in [-0.05, 0) is 36.8 Å². The molecule has 0 aliphatic heterocycles. The maximum absolute atomic E-state index is 12.3. The Hall–Kier alpha value is -2.49. The summed E-state index contributed by atoms with van der Waals surface area (Å²) < 4.78 is 0. The van der Waals surface area contributed by atoms with Crippen molar-refractivity contribution in [1.82, 2.24) is 0 Å². The topological polar surface area (TPSA) is 60.8 Å². The van der Waals surface area contributed by atoms with Gasteiger partial charge in [-0.1, -0.05) is 12.1 Å². The number of carbonyl (C=O) groups excluding carboxylic acids is 1. The van der Waals surface area contributed by atoms with Gasteiger partial charge in [0, 0.05) is 24.4 Å². The third kappa shape index (κ3) is 2.68. The average Bonchev–Trinajstić information content (AvgIpc) is 2.40. The maximum Gasteiger partial charge on any atom is 0.258 e. The van der Waals surface area contributed by atoms with E-state index in [4.69, 9.17) is 0 Å². The van der Waals surface area contributed by atoms with Crippen LogP contribution in [0.5, 0.6) is 11.5 Å². The first kappa shape index (κ1) is 13.0. The van der Waals surface area contributed by atoms with Crippen LogP contribution in [0.4, 0.5) is 5.69 Å². The van der Waals surface area contributed by atoms with E-state index in [1.54, 1.807) is 44.3 Å². The van der Waals surface area contributed by atoms with E-state index in [0.717, 1.165) is 5.56 Å². The van der Waals surface area contributed by atoms with E-state index in [-0.39, 0.29) is 17.4 Å². The second-order valence-corrected chi connectivity index (χ2v) is 4.39. The zero-order valence-corrected chi connectivity index (χ0v) is 10.8. The van der Waals surface area contributed by atoms with Crippen LogP contribution in [0, 0.1) is 6.92 Å². The summed E-state index contributed by atoms with van der Waals surface area (Å²) >= 11 is 0. The number of amides is 1. The largest absolute Gasteiger partial charge is 0.508 e. The first-order chi connectivity index (χ1) is 8.99. The molecule has 0 heterocycles. The van der Waals surface area contributed by atoms with Crippen molar-refractivity contribution < 1.29 is 15.0 Å². The van der Waals surface area contributed by atoms with Crippen LogP contribution in [0.3, 0.4) is 0 Å². The summed E-state index contributed by atoms with van der Waals surface area (Å²) in [6.45, 7) is 1.77. The molecule has 0 unspecified atom stereocenters. The van der Waals surface area contributed by atoms with Crippen molar-refractivity contribution in [3.05, 3.63) is 53.6 Å². The molecule has 0 fully saturated rings. The molecular weight excluding hydrogens is 242 g/mol. The van der Waals surface area contributed by atoms with E-state index in [0.29, 0.717) is 11.3 Å². The number of nitrogens with zero attached hydrogens (tertiary/aromatic N) is 1. The van der Waals surface area contributed by atoms with Gasteiger partial charge in [0.1, 0.15) is 11.5 Å². The SMILES string of the molecule is Cc1ccc(C(=O)N(C)c2cccc(O)c2)cc1O. The van der Waals surface area contributed by atoms with Crippen LogP contribution in [0.25, 0.3) is 0 Å². The molecule has 1 amide bonds. The summed E-state index contributed by atoms with van der Waals surface area (Å²) in [7, 11) is 1.62. The highest BCUT2D eigenvalue weighted by molar-refractivity contribution is 6.06. The van der Waals surface area contributed by atoms with Crippen molar-refractivity contribution >= 4 is 11.6 Å². The van der Waals surface area contributed by atoms with Crippen molar-refractivity contribution in [1.29, 1.82) is 0 Å². The molecule has 98 valence electrons. The lowest BCUT2D eigenvalue weighted by Gasteiger charge is -2.18. The third-order valence-corrected chi connectivity index (χ3v) is 2.98. The summed E-state index contributed by atoms with van der Waals surface area (Å²) in [6, 6.07) is 11.2. The molecule has 2 N–H and O–H groups in total. The smallest absolute Gasteiger partial charge is 0.258 e. The molecule has 2 aromatic rings. The maximum atomic E-state index is 12.3. The lowest BCUT2D eigenvalue weighted by Crippen LogP contribution is -2.26. The van der Waals surface area contributed by atoms with Gasteiger partial charge in [-0.25, -0.2) is 0 Å². The Labute approximate surface area is 111 Å². The first-order valence-corrected chi connectivity index (χ1v) is 5.86. The molecular formula is C15H15NO3. The lowest BCUT2D eigenvalue weighted by atomic mass is 10.1. The van der Waals surface area contributed by atoms with Crippen molar-refractivity contribution in [2.75, 3.05) is 11.9 Å². The summed E-state index contributed by atoms with van der Waals surface area (Å²) in [6.07, 6.45) is 0. The van der Waals surface area contributed by atoms with Gasteiger partial charge in [0.2, 0.25) is 0 Å². The van der Waals surface area contributed by atoms with Crippen molar-refractivity contribution in [3.8, 4) is 11.5 Å². The highest BCUT2D eigenvalue weighted by Crippen LogP contribution is 2.23. The Morgan fingerprint density at radius 1 is 1.11 bits per heavy atom. The second-order valence-electron chi connectivity index (χ2n) is 4.39. The van der Waals surface area contributed by atoms with Gasteiger partial charge in [-0.2, -0.15) is 0 Å². The van der Waals surface area contributed by atoms with Crippen LogP contribution in [0.15, 0.2) is 42.5 Å². The van der Waals surface area contributed by atoms with E-state index in [1.165, 1.54) is 17.0 Å². The molecule has 19 heavy (non-hydrogen) atoms. The normalized spacial score (nSPS) is 10.2. The standard InChI is InChI=1S/C15H15NO3/c1-10-6-7-11(8-14(10)18)15(19)16(2)12-4-3-5-13(17)9-12/h3-9,17-18H,1-2H3. The van der Waals surface area contributed by atoms with Crippen molar-refractivity contribution in [2.24, 2.45) is 0 Å². The van der Waals surface area contributed by atoms with Crippen molar-refractivity contribution in [2.45, 2.75) is 6.92 Å². The minimum atomic E-state index is -0.249. The molecule has 0 spiro atoms. The van der Waals surface area contributed by atoms with Gasteiger partial charge in [-0.15, -0.1) is 0 Å². The van der Waals surface area contributed by atoms with E-state index in [2.05, 4.69) is 0 Å². The predicted octanol–water partition coefficient (Wildman–Crippen LogP) is 2.68. The number of benzene rings is 2. The number of aryl methyl sites for hydroxylation is 1. The molecule has 4 nitrogen and oxygen atoms in total. The molecule has 0 radical (unpaired) electrons. The van der Waals surface area contributed by atoms with E-state index >= 15 is 0 Å². The number of aromatic hydroxyl groups is 2. The molecule has 0 atom stereocenters. The van der Waals surface area contributed by atoms with Crippen LogP contribution in [-0.2, 0) is 0 Å². The molecule has 2 rings (SSSR count). The van der Waals surface area contributed by atoms with E-state index in [1.807, 2.05) is 0 Å². The number of hydrogen-bond donors (Lipinski definition) is 2. The molecule has 0 bridgehead atoms. The fourth-order valence-electron chi connectivity index (χ4n) is 1.75. The molecule has 0 aromatic heterocycles. The summed E-state index contributed by atoms with van der Waals surface area (Å²) in [4.78, 5) is 13.7. The summed E-state index contributed by atoms with van der Waals surface area (Å²) in [5.74, 6) is -0.0556. The molecule has 2 aromatic carbocycles. The van der Waals surface area contributed by atoms with Gasteiger partial charge in [-0.3, -0.25) is 4.79 Å². The Morgan fingerprint density at radius 3 is 2.47 bits per heavy atom.